The van der Waals surface area contributed by atoms with E-state index in [9.17, 15) is 4.79 Å². The average Bonchev–Trinajstić information content (AvgIpc) is 2.74. The highest BCUT2D eigenvalue weighted by Crippen LogP contribution is 2.25. The first-order valence-corrected chi connectivity index (χ1v) is 9.80. The van der Waals surface area contributed by atoms with Gasteiger partial charge in [-0.05, 0) is 78.6 Å². The van der Waals surface area contributed by atoms with Gasteiger partial charge in [0.15, 0.2) is 0 Å². The van der Waals surface area contributed by atoms with E-state index in [2.05, 4.69) is 10.5 Å². The van der Waals surface area contributed by atoms with Crippen molar-refractivity contribution in [3.8, 4) is 11.5 Å². The van der Waals surface area contributed by atoms with Crippen molar-refractivity contribution in [2.24, 2.45) is 5.10 Å². The van der Waals surface area contributed by atoms with Crippen molar-refractivity contribution in [2.45, 2.75) is 20.5 Å². The molecule has 0 bridgehead atoms. The number of nitrogens with zero attached hydrogens (tertiary/aromatic N) is 1. The number of halogens is 1. The van der Waals surface area contributed by atoms with Gasteiger partial charge < -0.3 is 9.47 Å². The lowest BCUT2D eigenvalue weighted by Gasteiger charge is -2.13. The van der Waals surface area contributed by atoms with Crippen LogP contribution < -0.4 is 14.9 Å². The lowest BCUT2D eigenvalue weighted by atomic mass is 10.1. The van der Waals surface area contributed by atoms with Crippen LogP contribution in [0.3, 0.4) is 0 Å². The third-order valence-electron chi connectivity index (χ3n) is 4.49. The molecule has 3 aromatic carbocycles. The molecule has 1 amide bonds. The maximum Gasteiger partial charge on any atom is 0.271 e. The topological polar surface area (TPSA) is 59.9 Å². The molecule has 0 heterocycles. The standard InChI is InChI=1S/C24H23ClN2O3/c1-16-11-19(14-26-27-24(28)20-5-4-6-22(13-20)29-3)12-17(2)23(16)30-15-18-7-9-21(25)10-8-18/h4-14H,15H2,1-3H3,(H,27,28)/b26-14-. The Morgan fingerprint density at radius 1 is 1.07 bits per heavy atom. The van der Waals surface area contributed by atoms with Gasteiger partial charge in [-0.3, -0.25) is 4.79 Å². The molecule has 0 aliphatic carbocycles. The molecule has 154 valence electrons. The lowest BCUT2D eigenvalue weighted by molar-refractivity contribution is 0.0955. The summed E-state index contributed by atoms with van der Waals surface area (Å²) in [5.41, 5.74) is 6.91. The number of ether oxygens (including phenoxy) is 2. The molecule has 6 heteroatoms. The Morgan fingerprint density at radius 2 is 1.77 bits per heavy atom. The third-order valence-corrected chi connectivity index (χ3v) is 4.74. The largest absolute Gasteiger partial charge is 0.497 e. The number of benzene rings is 3. The molecule has 3 aromatic rings. The highest BCUT2D eigenvalue weighted by Gasteiger charge is 2.08. The molecular weight excluding hydrogens is 400 g/mol. The first-order valence-electron chi connectivity index (χ1n) is 9.42. The Balaban J connectivity index is 1.64. The number of methoxy groups -OCH3 is 1. The molecule has 0 fully saturated rings. The van der Waals surface area contributed by atoms with E-state index in [-0.39, 0.29) is 5.91 Å². The zero-order valence-corrected chi connectivity index (χ0v) is 17.9. The summed E-state index contributed by atoms with van der Waals surface area (Å²) in [6.07, 6.45) is 1.61. The molecule has 0 aliphatic heterocycles. The first kappa shape index (κ1) is 21.4. The summed E-state index contributed by atoms with van der Waals surface area (Å²) in [6.45, 7) is 4.43. The molecule has 0 spiro atoms. The van der Waals surface area contributed by atoms with Crippen LogP contribution in [0.1, 0.15) is 32.6 Å². The van der Waals surface area contributed by atoms with Gasteiger partial charge in [0.05, 0.1) is 13.3 Å². The summed E-state index contributed by atoms with van der Waals surface area (Å²) < 4.78 is 11.1. The second kappa shape index (κ2) is 9.94. The Kier molecular flexibility index (Phi) is 7.09. The normalized spacial score (nSPS) is 10.8. The number of hydrazone groups is 1. The number of aryl methyl sites for hydroxylation is 2. The number of rotatable bonds is 7. The van der Waals surface area contributed by atoms with E-state index in [1.54, 1.807) is 37.6 Å². The molecule has 0 aliphatic rings. The minimum absolute atomic E-state index is 0.304. The smallest absolute Gasteiger partial charge is 0.271 e. The SMILES string of the molecule is COc1cccc(C(=O)N/N=C\c2cc(C)c(OCc3ccc(Cl)cc3)c(C)c2)c1. The molecule has 1 N–H and O–H groups in total. The van der Waals surface area contributed by atoms with Crippen LogP contribution in [-0.2, 0) is 6.61 Å². The van der Waals surface area contributed by atoms with Gasteiger partial charge in [-0.1, -0.05) is 29.8 Å². The quantitative estimate of drug-likeness (QED) is 0.414. The van der Waals surface area contributed by atoms with Gasteiger partial charge in [-0.15, -0.1) is 0 Å². The van der Waals surface area contributed by atoms with Crippen molar-refractivity contribution in [2.75, 3.05) is 7.11 Å². The summed E-state index contributed by atoms with van der Waals surface area (Å²) in [5.74, 6) is 1.15. The number of amides is 1. The molecule has 5 nitrogen and oxygen atoms in total. The Labute approximate surface area is 181 Å². The molecule has 0 unspecified atom stereocenters. The summed E-state index contributed by atoms with van der Waals surface area (Å²) in [7, 11) is 1.56. The van der Waals surface area contributed by atoms with Crippen LogP contribution in [0, 0.1) is 13.8 Å². The highest BCUT2D eigenvalue weighted by atomic mass is 35.5. The van der Waals surface area contributed by atoms with Crippen LogP contribution in [0.4, 0.5) is 0 Å². The first-order chi connectivity index (χ1) is 14.5. The zero-order chi connectivity index (χ0) is 21.5. The number of hydrogen-bond donors (Lipinski definition) is 1. The van der Waals surface area contributed by atoms with Gasteiger partial charge in [0.2, 0.25) is 0 Å². The van der Waals surface area contributed by atoms with Crippen molar-refractivity contribution in [1.29, 1.82) is 0 Å². The van der Waals surface area contributed by atoms with Crippen molar-refractivity contribution in [3.63, 3.8) is 0 Å². The summed E-state index contributed by atoms with van der Waals surface area (Å²) in [5, 5.41) is 4.77. The van der Waals surface area contributed by atoms with E-state index in [0.29, 0.717) is 22.9 Å². The summed E-state index contributed by atoms with van der Waals surface area (Å²) in [6, 6.07) is 18.4. The van der Waals surface area contributed by atoms with Gasteiger partial charge in [0.25, 0.3) is 5.91 Å². The van der Waals surface area contributed by atoms with Gasteiger partial charge in [0.1, 0.15) is 18.1 Å². The van der Waals surface area contributed by atoms with Gasteiger partial charge >= 0.3 is 0 Å². The van der Waals surface area contributed by atoms with Crippen LogP contribution in [0.5, 0.6) is 11.5 Å². The van der Waals surface area contributed by atoms with E-state index >= 15 is 0 Å². The Morgan fingerprint density at radius 3 is 2.43 bits per heavy atom. The predicted octanol–water partition coefficient (Wildman–Crippen LogP) is 5.31. The van der Waals surface area contributed by atoms with Gasteiger partial charge in [-0.2, -0.15) is 5.10 Å². The van der Waals surface area contributed by atoms with E-state index in [1.165, 1.54) is 0 Å². The predicted molar refractivity (Wildman–Crippen MR) is 120 cm³/mol. The zero-order valence-electron chi connectivity index (χ0n) is 17.1. The van der Waals surface area contributed by atoms with Gasteiger partial charge in [-0.25, -0.2) is 5.43 Å². The molecule has 0 atom stereocenters. The Bertz CT molecular complexity index is 1040. The van der Waals surface area contributed by atoms with E-state index in [4.69, 9.17) is 21.1 Å². The second-order valence-corrected chi connectivity index (χ2v) is 7.27. The molecule has 3 rings (SSSR count). The van der Waals surface area contributed by atoms with Gasteiger partial charge in [0, 0.05) is 10.6 Å². The third kappa shape index (κ3) is 5.61. The minimum atomic E-state index is -0.304. The minimum Gasteiger partial charge on any atom is -0.497 e. The van der Waals surface area contributed by atoms with Crippen LogP contribution in [0.25, 0.3) is 0 Å². The van der Waals surface area contributed by atoms with E-state index < -0.39 is 0 Å². The molecular formula is C24H23ClN2O3. The maximum atomic E-state index is 12.2. The maximum absolute atomic E-state index is 12.2. The van der Waals surface area contributed by atoms with E-state index in [0.717, 1.165) is 28.0 Å². The van der Waals surface area contributed by atoms with Crippen LogP contribution in [0.2, 0.25) is 5.02 Å². The van der Waals surface area contributed by atoms with Crippen molar-refractivity contribution in [1.82, 2.24) is 5.43 Å². The summed E-state index contributed by atoms with van der Waals surface area (Å²) in [4.78, 5) is 12.2. The van der Waals surface area contributed by atoms with Crippen molar-refractivity contribution in [3.05, 3.63) is 93.5 Å². The average molecular weight is 423 g/mol. The fourth-order valence-electron chi connectivity index (χ4n) is 3.02. The number of nitrogens with one attached hydrogen (secondary N) is 1. The second-order valence-electron chi connectivity index (χ2n) is 6.83. The highest BCUT2D eigenvalue weighted by molar-refractivity contribution is 6.30. The molecule has 0 aromatic heterocycles. The molecule has 0 saturated carbocycles. The number of carbonyl (C=O) groups is 1. The molecule has 0 radical (unpaired) electrons. The van der Waals surface area contributed by atoms with Crippen LogP contribution in [-0.4, -0.2) is 19.2 Å². The molecule has 0 saturated heterocycles. The molecule has 30 heavy (non-hydrogen) atoms. The fraction of sp³-hybridized carbons (Fsp3) is 0.167. The number of hydrogen-bond acceptors (Lipinski definition) is 4. The summed E-state index contributed by atoms with van der Waals surface area (Å²) >= 11 is 5.92. The van der Waals surface area contributed by atoms with Crippen molar-refractivity contribution < 1.29 is 14.3 Å². The van der Waals surface area contributed by atoms with E-state index in [1.807, 2.05) is 50.2 Å². The fourth-order valence-corrected chi connectivity index (χ4v) is 3.14. The Hall–Kier alpha value is -3.31. The lowest BCUT2D eigenvalue weighted by Crippen LogP contribution is -2.17. The number of carbonyl (C=O) groups excluding carboxylic acids is 1. The van der Waals surface area contributed by atoms with Crippen LogP contribution >= 0.6 is 11.6 Å². The van der Waals surface area contributed by atoms with Crippen LogP contribution in [0.15, 0.2) is 65.8 Å². The monoisotopic (exact) mass is 422 g/mol. The van der Waals surface area contributed by atoms with Crippen molar-refractivity contribution >= 4 is 23.7 Å².